The van der Waals surface area contributed by atoms with E-state index in [1.54, 1.807) is 43.5 Å². The van der Waals surface area contributed by atoms with E-state index in [1.165, 1.54) is 0 Å². The van der Waals surface area contributed by atoms with Crippen molar-refractivity contribution in [1.82, 2.24) is 0 Å². The summed E-state index contributed by atoms with van der Waals surface area (Å²) in [6, 6.07) is 10.2. The van der Waals surface area contributed by atoms with Crippen molar-refractivity contribution in [2.24, 2.45) is 0 Å². The number of hydrogen-bond donors (Lipinski definition) is 1. The Morgan fingerprint density at radius 1 is 1.00 bits per heavy atom. The van der Waals surface area contributed by atoms with Gasteiger partial charge in [0.15, 0.2) is 0 Å². The number of aliphatic hydroxyl groups is 1. The van der Waals surface area contributed by atoms with Crippen LogP contribution in [0.1, 0.15) is 17.2 Å². The molecule has 0 bridgehead atoms. The van der Waals surface area contributed by atoms with E-state index in [1.807, 2.05) is 0 Å². The van der Waals surface area contributed by atoms with Crippen molar-refractivity contribution in [1.29, 1.82) is 0 Å². The van der Waals surface area contributed by atoms with Crippen LogP contribution in [0.2, 0.25) is 15.1 Å². The molecule has 2 rings (SSSR count). The molecule has 0 spiro atoms. The molecule has 0 amide bonds. The van der Waals surface area contributed by atoms with Gasteiger partial charge < -0.3 is 9.84 Å². The summed E-state index contributed by atoms with van der Waals surface area (Å²) in [7, 11) is 1.55. The summed E-state index contributed by atoms with van der Waals surface area (Å²) in [6.45, 7) is 0. The first-order valence-corrected chi connectivity index (χ1v) is 6.63. The Bertz CT molecular complexity index is 599. The quantitative estimate of drug-likeness (QED) is 0.886. The van der Waals surface area contributed by atoms with E-state index >= 15 is 0 Å². The number of halogens is 3. The Labute approximate surface area is 126 Å². The van der Waals surface area contributed by atoms with Crippen LogP contribution < -0.4 is 4.74 Å². The molecule has 0 aliphatic heterocycles. The minimum Gasteiger partial charge on any atom is -0.497 e. The van der Waals surface area contributed by atoms with Crippen LogP contribution in [-0.4, -0.2) is 12.2 Å². The number of ether oxygens (including phenoxy) is 1. The number of hydrogen-bond acceptors (Lipinski definition) is 2. The predicted octanol–water partition coefficient (Wildman–Crippen LogP) is 4.74. The molecule has 0 saturated carbocycles. The van der Waals surface area contributed by atoms with Crippen molar-refractivity contribution < 1.29 is 9.84 Å². The molecule has 0 fully saturated rings. The van der Waals surface area contributed by atoms with Gasteiger partial charge in [0, 0.05) is 11.1 Å². The zero-order chi connectivity index (χ0) is 14.0. The van der Waals surface area contributed by atoms with Gasteiger partial charge in [-0.15, -0.1) is 0 Å². The maximum absolute atomic E-state index is 10.4. The normalized spacial score (nSPS) is 12.3. The average molecular weight is 318 g/mol. The van der Waals surface area contributed by atoms with E-state index < -0.39 is 6.10 Å². The van der Waals surface area contributed by atoms with E-state index in [4.69, 9.17) is 39.5 Å². The van der Waals surface area contributed by atoms with Gasteiger partial charge in [-0.05, 0) is 18.2 Å². The molecule has 0 heterocycles. The summed E-state index contributed by atoms with van der Waals surface area (Å²) in [6.07, 6.45) is -0.940. The van der Waals surface area contributed by atoms with Crippen LogP contribution in [0.15, 0.2) is 36.4 Å². The lowest BCUT2D eigenvalue weighted by Gasteiger charge is -2.15. The minimum absolute atomic E-state index is 0.323. The summed E-state index contributed by atoms with van der Waals surface area (Å²) in [5.41, 5.74) is 1.06. The molecular formula is C14H11Cl3O2. The van der Waals surface area contributed by atoms with Crippen molar-refractivity contribution >= 4 is 34.8 Å². The Morgan fingerprint density at radius 2 is 1.74 bits per heavy atom. The van der Waals surface area contributed by atoms with Crippen LogP contribution in [0.25, 0.3) is 0 Å². The van der Waals surface area contributed by atoms with Crippen molar-refractivity contribution in [3.05, 3.63) is 62.6 Å². The second kappa shape index (κ2) is 6.02. The number of rotatable bonds is 3. The summed E-state index contributed by atoms with van der Waals surface area (Å²) in [5.74, 6) is 0.623. The molecule has 1 N–H and O–H groups in total. The summed E-state index contributed by atoms with van der Waals surface area (Å²) in [5, 5.41) is 11.5. The van der Waals surface area contributed by atoms with Crippen LogP contribution >= 0.6 is 34.8 Å². The fourth-order valence-electron chi connectivity index (χ4n) is 1.76. The van der Waals surface area contributed by atoms with Gasteiger partial charge in [-0.1, -0.05) is 53.0 Å². The lowest BCUT2D eigenvalue weighted by molar-refractivity contribution is 0.220. The first-order valence-electron chi connectivity index (χ1n) is 5.50. The van der Waals surface area contributed by atoms with Gasteiger partial charge in [0.1, 0.15) is 11.9 Å². The molecule has 0 aromatic heterocycles. The summed E-state index contributed by atoms with van der Waals surface area (Å²) >= 11 is 18.2. The fraction of sp³-hybridized carbons (Fsp3) is 0.143. The van der Waals surface area contributed by atoms with E-state index in [0.29, 0.717) is 31.9 Å². The SMILES string of the molecule is COc1ccc(C(O)c2cccc(Cl)c2Cl)c(Cl)c1. The van der Waals surface area contributed by atoms with Gasteiger partial charge in [-0.3, -0.25) is 0 Å². The van der Waals surface area contributed by atoms with Crippen molar-refractivity contribution in [3.63, 3.8) is 0 Å². The van der Waals surface area contributed by atoms with Crippen molar-refractivity contribution in [2.75, 3.05) is 7.11 Å². The minimum atomic E-state index is -0.940. The monoisotopic (exact) mass is 316 g/mol. The van der Waals surface area contributed by atoms with Crippen LogP contribution in [0.4, 0.5) is 0 Å². The molecule has 1 atom stereocenters. The second-order valence-corrected chi connectivity index (χ2v) is 5.13. The topological polar surface area (TPSA) is 29.5 Å². The van der Waals surface area contributed by atoms with E-state index in [-0.39, 0.29) is 0 Å². The average Bonchev–Trinajstić information content (AvgIpc) is 2.41. The maximum atomic E-state index is 10.4. The molecular weight excluding hydrogens is 307 g/mol. The highest BCUT2D eigenvalue weighted by atomic mass is 35.5. The van der Waals surface area contributed by atoms with Crippen LogP contribution in [-0.2, 0) is 0 Å². The molecule has 0 radical (unpaired) electrons. The first-order chi connectivity index (χ1) is 9.04. The molecule has 0 saturated heterocycles. The van der Waals surface area contributed by atoms with Crippen molar-refractivity contribution in [2.45, 2.75) is 6.10 Å². The lowest BCUT2D eigenvalue weighted by Crippen LogP contribution is -2.02. The van der Waals surface area contributed by atoms with E-state index in [9.17, 15) is 5.11 Å². The molecule has 0 aliphatic rings. The largest absolute Gasteiger partial charge is 0.497 e. The lowest BCUT2D eigenvalue weighted by atomic mass is 10.0. The molecule has 100 valence electrons. The smallest absolute Gasteiger partial charge is 0.120 e. The van der Waals surface area contributed by atoms with Crippen LogP contribution in [0.5, 0.6) is 5.75 Å². The number of aliphatic hydroxyl groups excluding tert-OH is 1. The molecule has 0 aliphatic carbocycles. The Balaban J connectivity index is 2.44. The molecule has 1 unspecified atom stereocenters. The zero-order valence-corrected chi connectivity index (χ0v) is 12.3. The number of methoxy groups -OCH3 is 1. The van der Waals surface area contributed by atoms with Gasteiger partial charge >= 0.3 is 0 Å². The van der Waals surface area contributed by atoms with Gasteiger partial charge in [0.25, 0.3) is 0 Å². The Morgan fingerprint density at radius 3 is 2.37 bits per heavy atom. The first kappa shape index (κ1) is 14.5. The standard InChI is InChI=1S/C14H11Cl3O2/c1-19-8-5-6-9(12(16)7-8)14(18)10-3-2-4-11(15)13(10)17/h2-7,14,18H,1H3. The number of benzene rings is 2. The molecule has 5 heteroatoms. The highest BCUT2D eigenvalue weighted by Gasteiger charge is 2.18. The predicted molar refractivity (Wildman–Crippen MR) is 78.5 cm³/mol. The Hall–Kier alpha value is -0.930. The third kappa shape index (κ3) is 2.98. The third-order valence-electron chi connectivity index (χ3n) is 2.78. The highest BCUT2D eigenvalue weighted by Crippen LogP contribution is 2.36. The van der Waals surface area contributed by atoms with Crippen LogP contribution in [0.3, 0.4) is 0 Å². The van der Waals surface area contributed by atoms with Crippen LogP contribution in [0, 0.1) is 0 Å². The maximum Gasteiger partial charge on any atom is 0.120 e. The molecule has 19 heavy (non-hydrogen) atoms. The van der Waals surface area contributed by atoms with E-state index in [2.05, 4.69) is 0 Å². The summed E-state index contributed by atoms with van der Waals surface area (Å²) < 4.78 is 5.07. The van der Waals surface area contributed by atoms with E-state index in [0.717, 1.165) is 0 Å². The van der Waals surface area contributed by atoms with Gasteiger partial charge in [-0.2, -0.15) is 0 Å². The molecule has 2 aromatic rings. The Kier molecular flexibility index (Phi) is 4.58. The fourth-order valence-corrected chi connectivity index (χ4v) is 2.44. The third-order valence-corrected chi connectivity index (χ3v) is 3.94. The summed E-state index contributed by atoms with van der Waals surface area (Å²) in [4.78, 5) is 0. The molecule has 2 nitrogen and oxygen atoms in total. The molecule has 2 aromatic carbocycles. The van der Waals surface area contributed by atoms with Crippen molar-refractivity contribution in [3.8, 4) is 5.75 Å². The second-order valence-electron chi connectivity index (χ2n) is 3.93. The van der Waals surface area contributed by atoms with Gasteiger partial charge in [-0.25, -0.2) is 0 Å². The highest BCUT2D eigenvalue weighted by molar-refractivity contribution is 6.42. The van der Waals surface area contributed by atoms with Gasteiger partial charge in [0.2, 0.25) is 0 Å². The zero-order valence-electron chi connectivity index (χ0n) is 10.0. The van der Waals surface area contributed by atoms with Gasteiger partial charge in [0.05, 0.1) is 22.2 Å².